The Kier molecular flexibility index (Phi) is 4.04. The molecule has 0 saturated heterocycles. The Bertz CT molecular complexity index is 559. The van der Waals surface area contributed by atoms with Crippen molar-refractivity contribution in [2.24, 2.45) is 16.5 Å². The molecule has 108 valence electrons. The number of hydrogen-bond acceptors (Lipinski definition) is 4. The number of carbonyl (C=O) groups is 1. The first-order valence-corrected chi connectivity index (χ1v) is 6.50. The van der Waals surface area contributed by atoms with Gasteiger partial charge in [0.15, 0.2) is 0 Å². The van der Waals surface area contributed by atoms with Gasteiger partial charge in [-0.25, -0.2) is 4.39 Å². The molecule has 0 fully saturated rings. The predicted molar refractivity (Wildman–Crippen MR) is 73.9 cm³/mol. The molecule has 1 amide bonds. The van der Waals surface area contributed by atoms with Crippen molar-refractivity contribution in [1.82, 2.24) is 0 Å². The Balaban J connectivity index is 2.58. The number of amidine groups is 1. The number of halogens is 1. The Hall–Kier alpha value is -1.95. The van der Waals surface area contributed by atoms with E-state index in [0.29, 0.717) is 30.8 Å². The van der Waals surface area contributed by atoms with Crippen molar-refractivity contribution in [1.29, 1.82) is 0 Å². The molecule has 1 atom stereocenters. The van der Waals surface area contributed by atoms with Crippen molar-refractivity contribution in [2.75, 3.05) is 13.2 Å². The number of hydrogen-bond donors (Lipinski definition) is 2. The minimum Gasteiger partial charge on any atom is -0.386 e. The highest BCUT2D eigenvalue weighted by Crippen LogP contribution is 2.36. The fourth-order valence-corrected chi connectivity index (χ4v) is 2.46. The summed E-state index contributed by atoms with van der Waals surface area (Å²) in [6.07, 6.45) is 1.06. The zero-order valence-corrected chi connectivity index (χ0v) is 11.4. The van der Waals surface area contributed by atoms with Gasteiger partial charge in [0, 0.05) is 24.2 Å². The van der Waals surface area contributed by atoms with Gasteiger partial charge in [-0.15, -0.1) is 0 Å². The fourth-order valence-electron chi connectivity index (χ4n) is 2.46. The molecule has 6 heteroatoms. The van der Waals surface area contributed by atoms with Gasteiger partial charge in [-0.1, -0.05) is 6.92 Å². The Labute approximate surface area is 116 Å². The Morgan fingerprint density at radius 1 is 1.55 bits per heavy atom. The van der Waals surface area contributed by atoms with Gasteiger partial charge in [0.05, 0.1) is 5.54 Å². The van der Waals surface area contributed by atoms with Crippen LogP contribution in [0.2, 0.25) is 0 Å². The average Bonchev–Trinajstić information content (AvgIpc) is 2.61. The standard InChI is InChI=1S/C14H18FN3O2/c1-2-14(5-6-20-8-12(16)18-14)10-7-9(13(17)19)3-4-11(10)15/h3-4,7H,2,5-6,8H2,1H3,(H2,16,18)(H2,17,19)/t14-/m1/s1. The summed E-state index contributed by atoms with van der Waals surface area (Å²) in [6.45, 7) is 2.57. The van der Waals surface area contributed by atoms with Crippen LogP contribution in [0.25, 0.3) is 0 Å². The molecule has 0 aromatic heterocycles. The number of ether oxygens (including phenoxy) is 1. The van der Waals surface area contributed by atoms with Crippen LogP contribution < -0.4 is 11.5 Å². The largest absolute Gasteiger partial charge is 0.386 e. The predicted octanol–water partition coefficient (Wildman–Crippen LogP) is 1.31. The molecule has 5 nitrogen and oxygen atoms in total. The number of benzene rings is 1. The van der Waals surface area contributed by atoms with Crippen LogP contribution in [0.4, 0.5) is 4.39 Å². The van der Waals surface area contributed by atoms with E-state index in [1.54, 1.807) is 0 Å². The van der Waals surface area contributed by atoms with Gasteiger partial charge in [-0.3, -0.25) is 9.79 Å². The third kappa shape index (κ3) is 2.65. The van der Waals surface area contributed by atoms with Crippen molar-refractivity contribution < 1.29 is 13.9 Å². The number of amides is 1. The van der Waals surface area contributed by atoms with Gasteiger partial charge in [-0.05, 0) is 24.6 Å². The molecule has 1 aliphatic rings. The lowest BCUT2D eigenvalue weighted by Crippen LogP contribution is -2.28. The van der Waals surface area contributed by atoms with Crippen molar-refractivity contribution in [3.8, 4) is 0 Å². The molecule has 4 N–H and O–H groups in total. The maximum Gasteiger partial charge on any atom is 0.248 e. The zero-order valence-electron chi connectivity index (χ0n) is 11.4. The molecule has 1 aromatic carbocycles. The van der Waals surface area contributed by atoms with E-state index in [1.807, 2.05) is 6.92 Å². The van der Waals surface area contributed by atoms with Crippen LogP contribution in [-0.4, -0.2) is 25.0 Å². The van der Waals surface area contributed by atoms with Crippen LogP contribution in [0.1, 0.15) is 35.7 Å². The van der Waals surface area contributed by atoms with Crippen molar-refractivity contribution in [3.63, 3.8) is 0 Å². The summed E-state index contributed by atoms with van der Waals surface area (Å²) in [6, 6.07) is 4.07. The molecule has 0 spiro atoms. The van der Waals surface area contributed by atoms with Crippen molar-refractivity contribution in [2.45, 2.75) is 25.3 Å². The van der Waals surface area contributed by atoms with Crippen LogP contribution >= 0.6 is 0 Å². The van der Waals surface area contributed by atoms with E-state index in [1.165, 1.54) is 18.2 Å². The molecular formula is C14H18FN3O2. The number of nitrogens with zero attached hydrogens (tertiary/aromatic N) is 1. The monoisotopic (exact) mass is 279 g/mol. The summed E-state index contributed by atoms with van der Waals surface area (Å²) in [7, 11) is 0. The molecule has 0 unspecified atom stereocenters. The van der Waals surface area contributed by atoms with Crippen molar-refractivity contribution >= 4 is 11.7 Å². The highest BCUT2D eigenvalue weighted by molar-refractivity contribution is 5.93. The number of nitrogens with two attached hydrogens (primary N) is 2. The molecule has 1 aromatic rings. The van der Waals surface area contributed by atoms with E-state index < -0.39 is 17.3 Å². The number of carbonyl (C=O) groups excluding carboxylic acids is 1. The second kappa shape index (κ2) is 5.58. The maximum atomic E-state index is 14.2. The lowest BCUT2D eigenvalue weighted by atomic mass is 9.83. The second-order valence-electron chi connectivity index (χ2n) is 4.85. The topological polar surface area (TPSA) is 90.7 Å². The molecule has 0 bridgehead atoms. The third-order valence-electron chi connectivity index (χ3n) is 3.60. The SMILES string of the molecule is CC[C@]1(c2cc(C(N)=O)ccc2F)CCOCC(N)=N1. The lowest BCUT2D eigenvalue weighted by molar-refractivity contribution is 0.1000. The molecule has 1 aliphatic heterocycles. The summed E-state index contributed by atoms with van der Waals surface area (Å²) >= 11 is 0. The summed E-state index contributed by atoms with van der Waals surface area (Å²) in [5.74, 6) is -0.692. The molecule has 0 radical (unpaired) electrons. The lowest BCUT2D eigenvalue weighted by Gasteiger charge is -2.28. The van der Waals surface area contributed by atoms with Gasteiger partial charge in [0.2, 0.25) is 5.91 Å². The first-order valence-electron chi connectivity index (χ1n) is 6.50. The van der Waals surface area contributed by atoms with Gasteiger partial charge in [0.1, 0.15) is 18.3 Å². The number of primary amides is 1. The molecule has 0 aliphatic carbocycles. The smallest absolute Gasteiger partial charge is 0.248 e. The summed E-state index contributed by atoms with van der Waals surface area (Å²) in [4.78, 5) is 15.7. The maximum absolute atomic E-state index is 14.2. The minimum atomic E-state index is -0.809. The van der Waals surface area contributed by atoms with E-state index in [-0.39, 0.29) is 12.2 Å². The Morgan fingerprint density at radius 3 is 2.95 bits per heavy atom. The van der Waals surface area contributed by atoms with Gasteiger partial charge < -0.3 is 16.2 Å². The van der Waals surface area contributed by atoms with E-state index in [9.17, 15) is 9.18 Å². The normalized spacial score (nSPS) is 23.0. The van der Waals surface area contributed by atoms with E-state index in [0.717, 1.165) is 0 Å². The van der Waals surface area contributed by atoms with Gasteiger partial charge >= 0.3 is 0 Å². The number of aliphatic imine (C=N–C) groups is 1. The average molecular weight is 279 g/mol. The van der Waals surface area contributed by atoms with Crippen LogP contribution in [0.3, 0.4) is 0 Å². The first-order chi connectivity index (χ1) is 9.48. The molecule has 2 rings (SSSR count). The van der Waals surface area contributed by atoms with Crippen molar-refractivity contribution in [3.05, 3.63) is 35.1 Å². The second-order valence-corrected chi connectivity index (χ2v) is 4.85. The van der Waals surface area contributed by atoms with Gasteiger partial charge in [-0.2, -0.15) is 0 Å². The number of rotatable bonds is 3. The fraction of sp³-hybridized carbons (Fsp3) is 0.429. The molecule has 1 heterocycles. The highest BCUT2D eigenvalue weighted by Gasteiger charge is 2.34. The summed E-state index contributed by atoms with van der Waals surface area (Å²) in [5, 5.41) is 0. The summed E-state index contributed by atoms with van der Waals surface area (Å²) < 4.78 is 19.5. The van der Waals surface area contributed by atoms with E-state index in [2.05, 4.69) is 4.99 Å². The molecular weight excluding hydrogens is 261 g/mol. The quantitative estimate of drug-likeness (QED) is 0.874. The highest BCUT2D eigenvalue weighted by atomic mass is 19.1. The van der Waals surface area contributed by atoms with Crippen LogP contribution in [-0.2, 0) is 10.3 Å². The summed E-state index contributed by atoms with van der Waals surface area (Å²) in [5.41, 5.74) is 10.8. The van der Waals surface area contributed by atoms with Gasteiger partial charge in [0.25, 0.3) is 0 Å². The first kappa shape index (κ1) is 14.5. The minimum absolute atomic E-state index is 0.235. The Morgan fingerprint density at radius 2 is 2.30 bits per heavy atom. The van der Waals surface area contributed by atoms with Crippen LogP contribution in [0.5, 0.6) is 0 Å². The van der Waals surface area contributed by atoms with E-state index in [4.69, 9.17) is 16.2 Å². The van der Waals surface area contributed by atoms with Crippen LogP contribution in [0.15, 0.2) is 23.2 Å². The van der Waals surface area contributed by atoms with Crippen LogP contribution in [0, 0.1) is 5.82 Å². The third-order valence-corrected chi connectivity index (χ3v) is 3.60. The van der Waals surface area contributed by atoms with E-state index >= 15 is 0 Å². The zero-order chi connectivity index (χ0) is 14.8. The molecule has 20 heavy (non-hydrogen) atoms. The molecule has 0 saturated carbocycles.